The third kappa shape index (κ3) is 4.38. The number of thiophene rings is 1. The fraction of sp³-hybridized carbons (Fsp3) is 0. The molecule has 3 nitrogen and oxygen atoms in total. The van der Waals surface area contributed by atoms with Crippen molar-refractivity contribution in [1.29, 1.82) is 0 Å². The van der Waals surface area contributed by atoms with E-state index in [4.69, 9.17) is 9.97 Å². The summed E-state index contributed by atoms with van der Waals surface area (Å²) in [5.41, 5.74) is 8.10. The third-order valence-corrected chi connectivity index (χ3v) is 9.18. The van der Waals surface area contributed by atoms with Crippen LogP contribution < -0.4 is 0 Å². The first-order valence-electron chi connectivity index (χ1n) is 13.7. The Morgan fingerprint density at radius 3 is 2.19 bits per heavy atom. The quantitative estimate of drug-likeness (QED) is 0.197. The van der Waals surface area contributed by atoms with Crippen LogP contribution in [0.25, 0.3) is 76.1 Å². The van der Waals surface area contributed by atoms with Gasteiger partial charge < -0.3 is 0 Å². The molecule has 0 amide bonds. The van der Waals surface area contributed by atoms with Gasteiger partial charge in [-0.25, -0.2) is 9.97 Å². The standard InChI is InChI=1S/C37H22BrN3S/c38-26-20-24(27-12-6-15-31-28(27)14-8-18-39-31)19-25(21-26)32-22-33(41-37(40-32)23-9-2-1-3-10-23)29-13-7-17-35-36(29)30-11-4-5-16-34(30)42-35/h1-22H. The molecule has 0 fully saturated rings. The second kappa shape index (κ2) is 10.3. The number of pyridine rings is 1. The Hall–Kier alpha value is -4.71. The molecule has 0 aliphatic carbocycles. The van der Waals surface area contributed by atoms with Crippen LogP contribution in [0.4, 0.5) is 0 Å². The lowest BCUT2D eigenvalue weighted by Gasteiger charge is -2.13. The molecule has 0 radical (unpaired) electrons. The van der Waals surface area contributed by atoms with Crippen LogP contribution >= 0.6 is 27.3 Å². The maximum absolute atomic E-state index is 5.15. The van der Waals surface area contributed by atoms with E-state index in [2.05, 4.69) is 124 Å². The summed E-state index contributed by atoms with van der Waals surface area (Å²) in [6, 6.07) is 44.3. The maximum atomic E-state index is 5.15. The van der Waals surface area contributed by atoms with E-state index in [1.807, 2.05) is 41.8 Å². The van der Waals surface area contributed by atoms with Crippen LogP contribution in [0.2, 0.25) is 0 Å². The second-order valence-electron chi connectivity index (χ2n) is 10.2. The molecule has 0 N–H and O–H groups in total. The minimum atomic E-state index is 0.704. The van der Waals surface area contributed by atoms with E-state index in [1.54, 1.807) is 0 Å². The molecule has 0 bridgehead atoms. The largest absolute Gasteiger partial charge is 0.256 e. The fourth-order valence-electron chi connectivity index (χ4n) is 5.69. The number of nitrogens with zero attached hydrogens (tertiary/aromatic N) is 3. The van der Waals surface area contributed by atoms with Gasteiger partial charge in [0.15, 0.2) is 5.82 Å². The minimum absolute atomic E-state index is 0.704. The molecule has 0 unspecified atom stereocenters. The normalized spacial score (nSPS) is 11.5. The summed E-state index contributed by atoms with van der Waals surface area (Å²) in [6.07, 6.45) is 1.84. The number of halogens is 1. The van der Waals surface area contributed by atoms with Gasteiger partial charge in [-0.1, -0.05) is 94.8 Å². The van der Waals surface area contributed by atoms with Crippen LogP contribution in [-0.2, 0) is 0 Å². The molecule has 0 spiro atoms. The van der Waals surface area contributed by atoms with Crippen molar-refractivity contribution in [3.8, 4) is 45.0 Å². The summed E-state index contributed by atoms with van der Waals surface area (Å²) in [5.74, 6) is 0.704. The SMILES string of the molecule is Brc1cc(-c2cc(-c3cccc4sc5ccccc5c34)nc(-c3ccccc3)n2)cc(-c2cccc3ncccc23)c1. The van der Waals surface area contributed by atoms with Gasteiger partial charge in [0.2, 0.25) is 0 Å². The third-order valence-electron chi connectivity index (χ3n) is 7.59. The highest BCUT2D eigenvalue weighted by molar-refractivity contribution is 9.10. The van der Waals surface area contributed by atoms with E-state index in [0.717, 1.165) is 54.6 Å². The molecule has 5 aromatic carbocycles. The van der Waals surface area contributed by atoms with Crippen molar-refractivity contribution in [1.82, 2.24) is 15.0 Å². The van der Waals surface area contributed by atoms with Crippen LogP contribution in [-0.4, -0.2) is 15.0 Å². The van der Waals surface area contributed by atoms with Crippen molar-refractivity contribution in [2.24, 2.45) is 0 Å². The molecule has 8 rings (SSSR count). The zero-order valence-corrected chi connectivity index (χ0v) is 24.7. The Morgan fingerprint density at radius 2 is 1.26 bits per heavy atom. The lowest BCUT2D eigenvalue weighted by atomic mass is 9.97. The molecule has 0 atom stereocenters. The number of benzene rings is 5. The Bertz CT molecular complexity index is 2270. The Morgan fingerprint density at radius 1 is 0.524 bits per heavy atom. The summed E-state index contributed by atoms with van der Waals surface area (Å²) in [7, 11) is 0. The predicted octanol–water partition coefficient (Wildman–Crippen LogP) is 10.8. The highest BCUT2D eigenvalue weighted by Crippen LogP contribution is 2.41. The molecule has 0 saturated carbocycles. The molecular weight excluding hydrogens is 598 g/mol. The first-order valence-corrected chi connectivity index (χ1v) is 15.3. The van der Waals surface area contributed by atoms with E-state index in [9.17, 15) is 0 Å². The molecule has 0 aliphatic heterocycles. The minimum Gasteiger partial charge on any atom is -0.256 e. The van der Waals surface area contributed by atoms with Crippen LogP contribution in [0.5, 0.6) is 0 Å². The van der Waals surface area contributed by atoms with Gasteiger partial charge in [-0.05, 0) is 59.7 Å². The average Bonchev–Trinajstić information content (AvgIpc) is 3.43. The Labute approximate surface area is 255 Å². The first-order chi connectivity index (χ1) is 20.7. The van der Waals surface area contributed by atoms with Gasteiger partial charge in [-0.3, -0.25) is 4.98 Å². The van der Waals surface area contributed by atoms with Gasteiger partial charge in [0.05, 0.1) is 16.9 Å². The lowest BCUT2D eigenvalue weighted by Crippen LogP contribution is -1.96. The maximum Gasteiger partial charge on any atom is 0.160 e. The smallest absolute Gasteiger partial charge is 0.160 e. The summed E-state index contributed by atoms with van der Waals surface area (Å²) in [6.45, 7) is 0. The summed E-state index contributed by atoms with van der Waals surface area (Å²) < 4.78 is 3.52. The van der Waals surface area contributed by atoms with Crippen LogP contribution in [0.1, 0.15) is 0 Å². The molecule has 198 valence electrons. The van der Waals surface area contributed by atoms with Crippen molar-refractivity contribution in [2.75, 3.05) is 0 Å². The van der Waals surface area contributed by atoms with Gasteiger partial charge in [0, 0.05) is 52.9 Å². The van der Waals surface area contributed by atoms with E-state index >= 15 is 0 Å². The van der Waals surface area contributed by atoms with Gasteiger partial charge in [0.1, 0.15) is 0 Å². The topological polar surface area (TPSA) is 38.7 Å². The van der Waals surface area contributed by atoms with Crippen LogP contribution in [0, 0.1) is 0 Å². The van der Waals surface area contributed by atoms with E-state index in [0.29, 0.717) is 5.82 Å². The summed E-state index contributed by atoms with van der Waals surface area (Å²) >= 11 is 5.61. The summed E-state index contributed by atoms with van der Waals surface area (Å²) in [5, 5.41) is 3.61. The number of hydrogen-bond acceptors (Lipinski definition) is 4. The molecule has 3 heterocycles. The van der Waals surface area contributed by atoms with Gasteiger partial charge in [-0.2, -0.15) is 0 Å². The predicted molar refractivity (Wildman–Crippen MR) is 180 cm³/mol. The van der Waals surface area contributed by atoms with Crippen LogP contribution in [0.15, 0.2) is 138 Å². The van der Waals surface area contributed by atoms with E-state index in [-0.39, 0.29) is 0 Å². The first kappa shape index (κ1) is 25.0. The number of fused-ring (bicyclic) bond motifs is 4. The molecule has 0 saturated heterocycles. The molecule has 3 aromatic heterocycles. The van der Waals surface area contributed by atoms with Crippen molar-refractivity contribution in [2.45, 2.75) is 0 Å². The summed E-state index contributed by atoms with van der Waals surface area (Å²) in [4.78, 5) is 14.9. The highest BCUT2D eigenvalue weighted by atomic mass is 79.9. The highest BCUT2D eigenvalue weighted by Gasteiger charge is 2.16. The van der Waals surface area contributed by atoms with Crippen LogP contribution in [0.3, 0.4) is 0 Å². The van der Waals surface area contributed by atoms with Gasteiger partial charge >= 0.3 is 0 Å². The second-order valence-corrected chi connectivity index (χ2v) is 12.2. The Balaban J connectivity index is 1.37. The number of rotatable bonds is 4. The lowest BCUT2D eigenvalue weighted by molar-refractivity contribution is 1.18. The van der Waals surface area contributed by atoms with E-state index < -0.39 is 0 Å². The number of hydrogen-bond donors (Lipinski definition) is 0. The van der Waals surface area contributed by atoms with Crippen molar-refractivity contribution >= 4 is 58.3 Å². The van der Waals surface area contributed by atoms with Crippen molar-refractivity contribution < 1.29 is 0 Å². The van der Waals surface area contributed by atoms with Crippen molar-refractivity contribution in [3.63, 3.8) is 0 Å². The zero-order chi connectivity index (χ0) is 28.0. The van der Waals surface area contributed by atoms with E-state index in [1.165, 1.54) is 20.2 Å². The number of aromatic nitrogens is 3. The van der Waals surface area contributed by atoms with Gasteiger partial charge in [0.25, 0.3) is 0 Å². The average molecular weight is 621 g/mol. The molecule has 0 aliphatic rings. The zero-order valence-electron chi connectivity index (χ0n) is 22.3. The Kier molecular flexibility index (Phi) is 6.13. The molecule has 5 heteroatoms. The monoisotopic (exact) mass is 619 g/mol. The molecule has 42 heavy (non-hydrogen) atoms. The van der Waals surface area contributed by atoms with Gasteiger partial charge in [-0.15, -0.1) is 11.3 Å². The molecular formula is C37H22BrN3S. The van der Waals surface area contributed by atoms with Crippen molar-refractivity contribution in [3.05, 3.63) is 138 Å². The molecule has 8 aromatic rings. The fourth-order valence-corrected chi connectivity index (χ4v) is 7.31.